The van der Waals surface area contributed by atoms with Crippen molar-refractivity contribution in [2.24, 2.45) is 13.0 Å². The zero-order valence-corrected chi connectivity index (χ0v) is 11.6. The Morgan fingerprint density at radius 3 is 2.61 bits per heavy atom. The molecule has 0 spiro atoms. The molecule has 1 fully saturated rings. The molecule has 0 N–H and O–H groups in total. The lowest BCUT2D eigenvalue weighted by molar-refractivity contribution is -0.129. The fourth-order valence-electron chi connectivity index (χ4n) is 2.84. The average Bonchev–Trinajstić information content (AvgIpc) is 2.80. The van der Waals surface area contributed by atoms with Gasteiger partial charge in [0.1, 0.15) is 0 Å². The van der Waals surface area contributed by atoms with Crippen LogP contribution in [-0.2, 0) is 11.8 Å². The van der Waals surface area contributed by atoms with Gasteiger partial charge in [0.25, 0.3) is 0 Å². The summed E-state index contributed by atoms with van der Waals surface area (Å²) >= 11 is 0. The molecule has 0 aromatic carbocycles. The summed E-state index contributed by atoms with van der Waals surface area (Å²) in [5.74, 6) is 0.507. The molecular weight excluding hydrogens is 226 g/mol. The first kappa shape index (κ1) is 12.9. The number of rotatable bonds is 3. The number of aryl methyl sites for hydroxylation is 2. The topological polar surface area (TPSA) is 38.1 Å². The quantitative estimate of drug-likeness (QED) is 0.767. The lowest BCUT2D eigenvalue weighted by atomic mass is 10.1. The summed E-state index contributed by atoms with van der Waals surface area (Å²) in [7, 11) is 1.94. The van der Waals surface area contributed by atoms with Gasteiger partial charge in [-0.05, 0) is 20.8 Å². The highest BCUT2D eigenvalue weighted by atomic mass is 16.2. The molecule has 2 atom stereocenters. The summed E-state index contributed by atoms with van der Waals surface area (Å²) in [6.45, 7) is 10.7. The van der Waals surface area contributed by atoms with E-state index >= 15 is 0 Å². The molecule has 2 heterocycles. The predicted octanol–water partition coefficient (Wildman–Crippen LogP) is 2.13. The van der Waals surface area contributed by atoms with Crippen molar-refractivity contribution in [2.45, 2.75) is 33.2 Å². The van der Waals surface area contributed by atoms with Gasteiger partial charge in [0.15, 0.2) is 0 Å². The average molecular weight is 247 g/mol. The second-order valence-electron chi connectivity index (χ2n) is 5.13. The summed E-state index contributed by atoms with van der Waals surface area (Å²) in [4.78, 5) is 14.0. The summed E-state index contributed by atoms with van der Waals surface area (Å²) in [5, 5.41) is 4.43. The summed E-state index contributed by atoms with van der Waals surface area (Å²) < 4.78 is 1.88. The Balaban J connectivity index is 2.29. The van der Waals surface area contributed by atoms with Crippen molar-refractivity contribution in [1.29, 1.82) is 0 Å². The molecule has 0 aliphatic carbocycles. The highest BCUT2D eigenvalue weighted by Crippen LogP contribution is 2.31. The Morgan fingerprint density at radius 2 is 2.17 bits per heavy atom. The molecular formula is C14H21N3O. The highest BCUT2D eigenvalue weighted by molar-refractivity contribution is 5.79. The van der Waals surface area contributed by atoms with Gasteiger partial charge in [-0.25, -0.2) is 0 Å². The normalized spacial score (nSPS) is 21.4. The van der Waals surface area contributed by atoms with Gasteiger partial charge < -0.3 is 4.90 Å². The van der Waals surface area contributed by atoms with Crippen LogP contribution >= 0.6 is 0 Å². The molecule has 1 aromatic heterocycles. The Morgan fingerprint density at radius 1 is 1.50 bits per heavy atom. The molecule has 4 heteroatoms. The van der Waals surface area contributed by atoms with Crippen molar-refractivity contribution in [2.75, 3.05) is 6.54 Å². The van der Waals surface area contributed by atoms with E-state index in [4.69, 9.17) is 0 Å². The molecule has 2 unspecified atom stereocenters. The second-order valence-corrected chi connectivity index (χ2v) is 5.13. The fraction of sp³-hybridized carbons (Fsp3) is 0.571. The summed E-state index contributed by atoms with van der Waals surface area (Å²) in [5.41, 5.74) is 3.32. The van der Waals surface area contributed by atoms with Crippen molar-refractivity contribution in [1.82, 2.24) is 14.7 Å². The molecule has 18 heavy (non-hydrogen) atoms. The van der Waals surface area contributed by atoms with E-state index < -0.39 is 0 Å². The van der Waals surface area contributed by atoms with E-state index in [1.165, 1.54) is 5.56 Å². The van der Waals surface area contributed by atoms with E-state index in [0.29, 0.717) is 6.42 Å². The van der Waals surface area contributed by atoms with E-state index in [0.717, 1.165) is 17.9 Å². The first-order valence-electron chi connectivity index (χ1n) is 6.37. The predicted molar refractivity (Wildman–Crippen MR) is 71.1 cm³/mol. The van der Waals surface area contributed by atoms with Crippen molar-refractivity contribution in [3.8, 4) is 0 Å². The highest BCUT2D eigenvalue weighted by Gasteiger charge is 2.33. The molecule has 0 bridgehead atoms. The molecule has 1 amide bonds. The van der Waals surface area contributed by atoms with Crippen LogP contribution in [0.1, 0.15) is 36.3 Å². The van der Waals surface area contributed by atoms with Crippen LogP contribution < -0.4 is 0 Å². The first-order chi connectivity index (χ1) is 8.45. The van der Waals surface area contributed by atoms with Crippen LogP contribution in [0.3, 0.4) is 0 Å². The minimum atomic E-state index is 0.0937. The largest absolute Gasteiger partial charge is 0.335 e. The Labute approximate surface area is 108 Å². The first-order valence-corrected chi connectivity index (χ1v) is 6.37. The van der Waals surface area contributed by atoms with Crippen molar-refractivity contribution in [3.63, 3.8) is 0 Å². The third-order valence-electron chi connectivity index (χ3n) is 3.97. The molecule has 1 aliphatic heterocycles. The third kappa shape index (κ3) is 1.96. The minimum Gasteiger partial charge on any atom is -0.335 e. The number of hydrogen-bond acceptors (Lipinski definition) is 2. The van der Waals surface area contributed by atoms with Crippen LogP contribution in [0.15, 0.2) is 12.7 Å². The smallest absolute Gasteiger partial charge is 0.223 e. The Bertz CT molecular complexity index is 489. The zero-order valence-electron chi connectivity index (χ0n) is 11.6. The number of likely N-dealkylation sites (tertiary alicyclic amines) is 1. The molecule has 4 nitrogen and oxygen atoms in total. The van der Waals surface area contributed by atoms with Crippen molar-refractivity contribution in [3.05, 3.63) is 29.6 Å². The van der Waals surface area contributed by atoms with E-state index in [2.05, 4.69) is 25.5 Å². The molecule has 0 radical (unpaired) electrons. The number of nitrogens with zero attached hydrogens (tertiary/aromatic N) is 3. The van der Waals surface area contributed by atoms with Gasteiger partial charge in [0, 0.05) is 37.2 Å². The molecule has 98 valence electrons. The number of hydrogen-bond donors (Lipinski definition) is 0. The van der Waals surface area contributed by atoms with Crippen molar-refractivity contribution < 1.29 is 4.79 Å². The standard InChI is InChI=1S/C14H21N3O/c1-6-12-7-13(18)17(8-12)11(4)14-9(2)15-16(5)10(14)3/h6,11-12H,1,7-8H2,2-5H3. The zero-order chi connectivity index (χ0) is 13.4. The molecule has 2 rings (SSSR count). The SMILES string of the molecule is C=CC1CC(=O)N(C(C)c2c(C)nn(C)c2C)C1. The maximum absolute atomic E-state index is 12.0. The van der Waals surface area contributed by atoms with Crippen LogP contribution in [0, 0.1) is 19.8 Å². The van der Waals surface area contributed by atoms with E-state index in [1.807, 2.05) is 29.6 Å². The molecule has 1 aliphatic rings. The van der Waals surface area contributed by atoms with Crippen LogP contribution in [0.5, 0.6) is 0 Å². The monoisotopic (exact) mass is 247 g/mol. The lowest BCUT2D eigenvalue weighted by Gasteiger charge is -2.25. The Kier molecular flexibility index (Phi) is 3.28. The van der Waals surface area contributed by atoms with Gasteiger partial charge in [0.2, 0.25) is 5.91 Å². The summed E-state index contributed by atoms with van der Waals surface area (Å²) in [6.07, 6.45) is 2.47. The van der Waals surface area contributed by atoms with E-state index in [-0.39, 0.29) is 17.9 Å². The van der Waals surface area contributed by atoms with Crippen LogP contribution in [0.25, 0.3) is 0 Å². The van der Waals surface area contributed by atoms with Gasteiger partial charge in [0.05, 0.1) is 11.7 Å². The van der Waals surface area contributed by atoms with E-state index in [1.54, 1.807) is 0 Å². The second kappa shape index (κ2) is 4.59. The lowest BCUT2D eigenvalue weighted by Crippen LogP contribution is -2.29. The van der Waals surface area contributed by atoms with E-state index in [9.17, 15) is 4.79 Å². The fourth-order valence-corrected chi connectivity index (χ4v) is 2.84. The number of carbonyl (C=O) groups excluding carboxylic acids is 1. The van der Waals surface area contributed by atoms with Gasteiger partial charge >= 0.3 is 0 Å². The number of aromatic nitrogens is 2. The van der Waals surface area contributed by atoms with Crippen LogP contribution in [0.4, 0.5) is 0 Å². The third-order valence-corrected chi connectivity index (χ3v) is 3.97. The number of carbonyl (C=O) groups is 1. The molecule has 1 saturated heterocycles. The van der Waals surface area contributed by atoms with Crippen LogP contribution in [-0.4, -0.2) is 27.1 Å². The van der Waals surface area contributed by atoms with Crippen LogP contribution in [0.2, 0.25) is 0 Å². The van der Waals surface area contributed by atoms with Gasteiger partial charge in [-0.1, -0.05) is 6.08 Å². The maximum atomic E-state index is 12.0. The number of amides is 1. The van der Waals surface area contributed by atoms with Crippen molar-refractivity contribution >= 4 is 5.91 Å². The molecule has 0 saturated carbocycles. The van der Waals surface area contributed by atoms with Gasteiger partial charge in [-0.2, -0.15) is 5.10 Å². The maximum Gasteiger partial charge on any atom is 0.223 e. The van der Waals surface area contributed by atoms with Gasteiger partial charge in [-0.3, -0.25) is 9.48 Å². The summed E-state index contributed by atoms with van der Waals surface area (Å²) in [6, 6.07) is 0.0937. The molecule has 1 aromatic rings. The van der Waals surface area contributed by atoms with Gasteiger partial charge in [-0.15, -0.1) is 6.58 Å². The Hall–Kier alpha value is -1.58. The minimum absolute atomic E-state index is 0.0937.